The second kappa shape index (κ2) is 9.59. The number of carbonyl (C=O) groups is 1. The molecule has 1 aliphatic heterocycles. The third-order valence-corrected chi connectivity index (χ3v) is 4.60. The first-order valence-corrected chi connectivity index (χ1v) is 8.78. The number of halogens is 2. The second-order valence-corrected chi connectivity index (χ2v) is 6.99. The number of hydrogen-bond donors (Lipinski definition) is 1. The first kappa shape index (κ1) is 19.5. The van der Waals surface area contributed by atoms with Crippen LogP contribution >= 0.6 is 23.2 Å². The number of amides is 1. The normalized spacial score (nSPS) is 21.0. The van der Waals surface area contributed by atoms with Gasteiger partial charge in [0.25, 0.3) is 0 Å². The van der Waals surface area contributed by atoms with Crippen molar-refractivity contribution in [1.82, 2.24) is 10.2 Å². The fraction of sp³-hybridized carbons (Fsp3) is 0.588. The molecule has 7 heteroatoms. The number of ether oxygens (including phenoxy) is 2. The minimum Gasteiger partial charge on any atom is -0.379 e. The fourth-order valence-electron chi connectivity index (χ4n) is 2.53. The summed E-state index contributed by atoms with van der Waals surface area (Å²) in [4.78, 5) is 14.4. The summed E-state index contributed by atoms with van der Waals surface area (Å²) in [6, 6.07) is 5.09. The number of rotatable bonds is 7. The van der Waals surface area contributed by atoms with E-state index < -0.39 is 0 Å². The van der Waals surface area contributed by atoms with Crippen LogP contribution in [0.4, 0.5) is 0 Å². The van der Waals surface area contributed by atoms with Gasteiger partial charge in [0.15, 0.2) is 0 Å². The van der Waals surface area contributed by atoms with E-state index in [9.17, 15) is 4.79 Å². The highest BCUT2D eigenvalue weighted by atomic mass is 35.5. The summed E-state index contributed by atoms with van der Waals surface area (Å²) in [5.41, 5.74) is 0.823. The van der Waals surface area contributed by atoms with Gasteiger partial charge in [0.1, 0.15) is 0 Å². The lowest BCUT2D eigenvalue weighted by molar-refractivity contribution is -0.125. The molecule has 1 heterocycles. The molecule has 1 aliphatic rings. The third-order valence-electron chi connectivity index (χ3n) is 3.86. The molecule has 1 aromatic rings. The molecule has 2 atom stereocenters. The molecule has 0 radical (unpaired) electrons. The van der Waals surface area contributed by atoms with Gasteiger partial charge in [0, 0.05) is 13.2 Å². The zero-order chi connectivity index (χ0) is 17.5. The molecule has 0 aliphatic carbocycles. The molecule has 0 saturated carbocycles. The molecular weight excluding hydrogens is 351 g/mol. The fourth-order valence-corrected chi connectivity index (χ4v) is 2.85. The summed E-state index contributed by atoms with van der Waals surface area (Å²) < 4.78 is 11.4. The van der Waals surface area contributed by atoms with E-state index in [1.54, 1.807) is 18.2 Å². The van der Waals surface area contributed by atoms with Crippen molar-refractivity contribution in [3.05, 3.63) is 33.8 Å². The summed E-state index contributed by atoms with van der Waals surface area (Å²) in [5, 5.41) is 3.95. The quantitative estimate of drug-likeness (QED) is 0.795. The topological polar surface area (TPSA) is 50.8 Å². The van der Waals surface area contributed by atoms with Crippen LogP contribution in [0, 0.1) is 0 Å². The van der Waals surface area contributed by atoms with Crippen LogP contribution in [-0.4, -0.2) is 63.4 Å². The van der Waals surface area contributed by atoms with Crippen molar-refractivity contribution in [2.75, 3.05) is 40.5 Å². The number of nitrogens with zero attached hydrogens (tertiary/aromatic N) is 1. The Bertz CT molecular complexity index is 555. The summed E-state index contributed by atoms with van der Waals surface area (Å²) in [6.07, 6.45) is 1.01. The third kappa shape index (κ3) is 6.22. The SMILES string of the molecule is CN(C)CCO[C@@H]1CCOC[C@@H]1NC(=O)Cc1ccc(Cl)c(Cl)c1. The Kier molecular flexibility index (Phi) is 7.78. The molecule has 1 amide bonds. The number of benzene rings is 1. The van der Waals surface area contributed by atoms with Crippen LogP contribution < -0.4 is 5.32 Å². The summed E-state index contributed by atoms with van der Waals surface area (Å²) >= 11 is 11.9. The number of carbonyl (C=O) groups excluding carboxylic acids is 1. The number of nitrogens with one attached hydrogen (secondary N) is 1. The van der Waals surface area contributed by atoms with Crippen molar-refractivity contribution >= 4 is 29.1 Å². The Hall–Kier alpha value is -0.850. The van der Waals surface area contributed by atoms with Gasteiger partial charge < -0.3 is 19.7 Å². The Labute approximate surface area is 153 Å². The van der Waals surface area contributed by atoms with Crippen LogP contribution in [0.3, 0.4) is 0 Å². The van der Waals surface area contributed by atoms with E-state index in [2.05, 4.69) is 10.2 Å². The number of hydrogen-bond acceptors (Lipinski definition) is 4. The maximum Gasteiger partial charge on any atom is 0.224 e. The van der Waals surface area contributed by atoms with Gasteiger partial charge >= 0.3 is 0 Å². The number of likely N-dealkylation sites (N-methyl/N-ethyl adjacent to an activating group) is 1. The van der Waals surface area contributed by atoms with Gasteiger partial charge in [-0.1, -0.05) is 29.3 Å². The van der Waals surface area contributed by atoms with Gasteiger partial charge in [-0.05, 0) is 38.2 Å². The zero-order valence-corrected chi connectivity index (χ0v) is 15.6. The van der Waals surface area contributed by atoms with E-state index in [1.807, 2.05) is 14.1 Å². The zero-order valence-electron chi connectivity index (χ0n) is 14.1. The standard InChI is InChI=1S/C17H24Cl2N2O3/c1-21(2)6-8-24-16-5-7-23-11-15(16)20-17(22)10-12-3-4-13(18)14(19)9-12/h3-4,9,15-16H,5-8,10-11H2,1-2H3,(H,20,22)/t15-,16+/m0/s1. The Morgan fingerprint density at radius 1 is 1.38 bits per heavy atom. The first-order chi connectivity index (χ1) is 11.5. The van der Waals surface area contributed by atoms with E-state index in [0.29, 0.717) is 29.9 Å². The van der Waals surface area contributed by atoms with Gasteiger partial charge in [-0.25, -0.2) is 0 Å². The van der Waals surface area contributed by atoms with Crippen LogP contribution in [0.2, 0.25) is 10.0 Å². The average molecular weight is 375 g/mol. The van der Waals surface area contributed by atoms with Crippen LogP contribution in [0.5, 0.6) is 0 Å². The maximum atomic E-state index is 12.3. The predicted octanol–water partition coefficient (Wildman–Crippen LogP) is 2.39. The van der Waals surface area contributed by atoms with Crippen LogP contribution in [-0.2, 0) is 20.7 Å². The minimum absolute atomic E-state index is 0.0172. The molecule has 0 aromatic heterocycles. The van der Waals surface area contributed by atoms with E-state index in [0.717, 1.165) is 18.5 Å². The van der Waals surface area contributed by atoms with Crippen molar-refractivity contribution in [2.24, 2.45) is 0 Å². The summed E-state index contributed by atoms with van der Waals surface area (Å²) in [6.45, 7) is 2.61. The van der Waals surface area contributed by atoms with E-state index >= 15 is 0 Å². The van der Waals surface area contributed by atoms with E-state index in [4.69, 9.17) is 32.7 Å². The van der Waals surface area contributed by atoms with Crippen molar-refractivity contribution in [3.8, 4) is 0 Å². The van der Waals surface area contributed by atoms with Crippen LogP contribution in [0.25, 0.3) is 0 Å². The maximum absolute atomic E-state index is 12.3. The molecule has 5 nitrogen and oxygen atoms in total. The van der Waals surface area contributed by atoms with Crippen molar-refractivity contribution in [3.63, 3.8) is 0 Å². The van der Waals surface area contributed by atoms with Crippen molar-refractivity contribution < 1.29 is 14.3 Å². The van der Waals surface area contributed by atoms with Gasteiger partial charge in [-0.3, -0.25) is 4.79 Å². The lowest BCUT2D eigenvalue weighted by Gasteiger charge is -2.32. The lowest BCUT2D eigenvalue weighted by Crippen LogP contribution is -2.51. The smallest absolute Gasteiger partial charge is 0.224 e. The molecule has 1 N–H and O–H groups in total. The Morgan fingerprint density at radius 2 is 2.17 bits per heavy atom. The van der Waals surface area contributed by atoms with Crippen LogP contribution in [0.15, 0.2) is 18.2 Å². The van der Waals surface area contributed by atoms with Gasteiger partial charge in [-0.15, -0.1) is 0 Å². The van der Waals surface area contributed by atoms with Crippen LogP contribution in [0.1, 0.15) is 12.0 Å². The first-order valence-electron chi connectivity index (χ1n) is 8.03. The summed E-state index contributed by atoms with van der Waals surface area (Å²) in [5.74, 6) is -0.0786. The van der Waals surface area contributed by atoms with Crippen molar-refractivity contribution in [1.29, 1.82) is 0 Å². The monoisotopic (exact) mass is 374 g/mol. The lowest BCUT2D eigenvalue weighted by atomic mass is 10.1. The predicted molar refractivity (Wildman–Crippen MR) is 95.8 cm³/mol. The van der Waals surface area contributed by atoms with Gasteiger partial charge in [0.2, 0.25) is 5.91 Å². The molecule has 1 fully saturated rings. The molecule has 24 heavy (non-hydrogen) atoms. The van der Waals surface area contributed by atoms with Gasteiger partial charge in [0.05, 0.1) is 41.8 Å². The second-order valence-electron chi connectivity index (χ2n) is 6.18. The average Bonchev–Trinajstić information content (AvgIpc) is 2.52. The summed E-state index contributed by atoms with van der Waals surface area (Å²) in [7, 11) is 4.01. The Balaban J connectivity index is 1.86. The highest BCUT2D eigenvalue weighted by molar-refractivity contribution is 6.42. The van der Waals surface area contributed by atoms with E-state index in [1.165, 1.54) is 0 Å². The highest BCUT2D eigenvalue weighted by Crippen LogP contribution is 2.22. The molecule has 0 bridgehead atoms. The van der Waals surface area contributed by atoms with E-state index in [-0.39, 0.29) is 24.5 Å². The largest absolute Gasteiger partial charge is 0.379 e. The molecule has 134 valence electrons. The van der Waals surface area contributed by atoms with Gasteiger partial charge in [-0.2, -0.15) is 0 Å². The Morgan fingerprint density at radius 3 is 2.88 bits per heavy atom. The molecular formula is C17H24Cl2N2O3. The highest BCUT2D eigenvalue weighted by Gasteiger charge is 2.27. The molecule has 2 rings (SSSR count). The molecule has 0 unspecified atom stereocenters. The minimum atomic E-state index is -0.129. The molecule has 1 saturated heterocycles. The molecule has 0 spiro atoms. The molecule has 1 aromatic carbocycles. The van der Waals surface area contributed by atoms with Crippen molar-refractivity contribution in [2.45, 2.75) is 25.0 Å².